The average Bonchev–Trinajstić information content (AvgIpc) is 1.85. The summed E-state index contributed by atoms with van der Waals surface area (Å²) in [4.78, 5) is 10.7. The normalized spacial score (nSPS) is 12.5. The Morgan fingerprint density at radius 3 is 2.15 bits per heavy atom. The molecule has 0 aromatic rings. The van der Waals surface area contributed by atoms with Crippen LogP contribution >= 0.6 is 0 Å². The minimum atomic E-state index is -4.32. The first-order chi connectivity index (χ1) is 5.25. The van der Waals surface area contributed by atoms with Gasteiger partial charge in [0.15, 0.2) is 0 Å². The van der Waals surface area contributed by atoms with E-state index in [1.54, 1.807) is 0 Å². The molecule has 0 rings (SSSR count). The second-order valence-corrected chi connectivity index (χ2v) is 3.96. The van der Waals surface area contributed by atoms with E-state index in [1.165, 1.54) is 6.92 Å². The molecule has 5 nitrogen and oxygen atoms in total. The van der Waals surface area contributed by atoms with Crippen LogP contribution in [-0.2, 0) is 19.6 Å². The number of esters is 1. The van der Waals surface area contributed by atoms with Crippen LogP contribution in [0.2, 0.25) is 0 Å². The Bertz CT molecular complexity index is 294. The van der Waals surface area contributed by atoms with E-state index in [1.807, 2.05) is 0 Å². The van der Waals surface area contributed by atoms with Gasteiger partial charge >= 0.3 is 39.1 Å². The Morgan fingerprint density at radius 1 is 1.54 bits per heavy atom. The molecular weight excluding hydrogens is 208 g/mol. The third-order valence-electron chi connectivity index (χ3n) is 1.04. The van der Waals surface area contributed by atoms with Gasteiger partial charge in [0.1, 0.15) is 0 Å². The third-order valence-corrected chi connectivity index (χ3v) is 1.98. The first-order valence-corrected chi connectivity index (χ1v) is 4.58. The van der Waals surface area contributed by atoms with Gasteiger partial charge in [-0.2, -0.15) is 8.42 Å². The number of carbonyl (C=O) groups is 1. The zero-order chi connectivity index (χ0) is 9.94. The maximum absolute atomic E-state index is 10.7. The second kappa shape index (κ2) is 5.58. The number of ether oxygens (including phenoxy) is 1. The van der Waals surface area contributed by atoms with Crippen molar-refractivity contribution in [2.45, 2.75) is 19.3 Å². The second-order valence-electron chi connectivity index (χ2n) is 2.27. The molecule has 0 radical (unpaired) electrons. The summed E-state index contributed by atoms with van der Waals surface area (Å²) in [7, 11) is -4.32. The number of rotatable bonds is 3. The predicted octanol–water partition coefficient (Wildman–Crippen LogP) is -0.0413. The van der Waals surface area contributed by atoms with Gasteiger partial charge in [0.05, 0.1) is 0 Å². The quantitative estimate of drug-likeness (QED) is 0.311. The molecule has 0 saturated heterocycles. The van der Waals surface area contributed by atoms with Crippen molar-refractivity contribution in [3.63, 3.8) is 0 Å². The van der Waals surface area contributed by atoms with Crippen molar-refractivity contribution in [2.24, 2.45) is 0 Å². The summed E-state index contributed by atoms with van der Waals surface area (Å²) in [6.45, 7) is 5.66. The van der Waals surface area contributed by atoms with Crippen molar-refractivity contribution in [1.29, 1.82) is 0 Å². The first kappa shape index (κ1) is 15.4. The molecule has 1 N–H and O–H groups in total. The van der Waals surface area contributed by atoms with Crippen molar-refractivity contribution in [3.8, 4) is 0 Å². The van der Waals surface area contributed by atoms with E-state index in [-0.39, 0.29) is 28.6 Å². The van der Waals surface area contributed by atoms with Gasteiger partial charge in [0.25, 0.3) is 0 Å². The largest absolute Gasteiger partial charge is 2.00 e. The van der Waals surface area contributed by atoms with Crippen LogP contribution in [0.25, 0.3) is 0 Å². The van der Waals surface area contributed by atoms with Crippen LogP contribution in [0.15, 0.2) is 12.2 Å². The van der Waals surface area contributed by atoms with E-state index in [9.17, 15) is 13.2 Å². The molecule has 0 spiro atoms. The first-order valence-electron chi connectivity index (χ1n) is 3.08. The summed E-state index contributed by atoms with van der Waals surface area (Å²) in [6, 6.07) is 0. The van der Waals surface area contributed by atoms with Gasteiger partial charge < -0.3 is 4.74 Å². The van der Waals surface area contributed by atoms with Crippen LogP contribution in [-0.4, -0.2) is 47.4 Å². The van der Waals surface area contributed by atoms with Gasteiger partial charge in [-0.15, -0.1) is 0 Å². The van der Waals surface area contributed by atoms with Crippen LogP contribution in [0.1, 0.15) is 13.8 Å². The average molecular weight is 219 g/mol. The number of hydrogen-bond acceptors (Lipinski definition) is 4. The van der Waals surface area contributed by atoms with Crippen molar-refractivity contribution in [1.82, 2.24) is 0 Å². The zero-order valence-corrected chi connectivity index (χ0v) is 9.71. The molecule has 0 fully saturated rings. The molecule has 0 aromatic heterocycles. The maximum atomic E-state index is 10.7. The van der Waals surface area contributed by atoms with Gasteiger partial charge in [-0.3, -0.25) is 4.55 Å². The molecule has 13 heavy (non-hydrogen) atoms. The smallest absolute Gasteiger partial charge is 0.440 e. The summed E-state index contributed by atoms with van der Waals surface area (Å²) in [5.74, 6) is -0.847. The fourth-order valence-corrected chi connectivity index (χ4v) is 0.521. The van der Waals surface area contributed by atoms with E-state index in [2.05, 4.69) is 11.3 Å². The van der Waals surface area contributed by atoms with Gasteiger partial charge in [-0.1, -0.05) is 6.58 Å². The molecule has 0 saturated carbocycles. The summed E-state index contributed by atoms with van der Waals surface area (Å²) < 4.78 is 33.4. The van der Waals surface area contributed by atoms with Crippen LogP contribution in [0.3, 0.4) is 0 Å². The van der Waals surface area contributed by atoms with Crippen molar-refractivity contribution < 1.29 is 22.5 Å². The summed E-state index contributed by atoms with van der Waals surface area (Å²) in [5.41, 5.74) is -1.48. The van der Waals surface area contributed by atoms with Crippen LogP contribution in [0, 0.1) is 0 Å². The van der Waals surface area contributed by atoms with Crippen LogP contribution in [0.5, 0.6) is 0 Å². The monoisotopic (exact) mass is 218 g/mol. The molecule has 1 atom stereocenters. The van der Waals surface area contributed by atoms with Crippen molar-refractivity contribution in [3.05, 3.63) is 12.2 Å². The molecule has 0 aliphatic heterocycles. The number of carbonyl (C=O) groups excluding carboxylic acids is 1. The van der Waals surface area contributed by atoms with E-state index in [0.717, 1.165) is 6.92 Å². The Balaban J connectivity index is 0. The fraction of sp³-hybridized carbons (Fsp3) is 0.500. The molecule has 0 aliphatic rings. The topological polar surface area (TPSA) is 80.7 Å². The molecule has 0 heterocycles. The van der Waals surface area contributed by atoms with E-state index < -0.39 is 21.5 Å². The summed E-state index contributed by atoms with van der Waals surface area (Å²) >= 11 is 0. The zero-order valence-electron chi connectivity index (χ0n) is 7.48. The summed E-state index contributed by atoms with van der Waals surface area (Å²) in [5, 5.41) is 0. The Kier molecular flexibility index (Phi) is 6.60. The molecule has 0 amide bonds. The molecule has 0 aromatic carbocycles. The summed E-state index contributed by atoms with van der Waals surface area (Å²) in [6.07, 6.45) is 0. The van der Waals surface area contributed by atoms with Crippen molar-refractivity contribution in [2.75, 3.05) is 0 Å². The molecular formula is C6H10MgO5S+2. The van der Waals surface area contributed by atoms with E-state index in [0.29, 0.717) is 0 Å². The van der Waals surface area contributed by atoms with Gasteiger partial charge in [0, 0.05) is 5.57 Å². The molecule has 0 aliphatic carbocycles. The Hall–Kier alpha value is -0.114. The minimum absolute atomic E-state index is 0. The number of hydrogen-bond donors (Lipinski definition) is 1. The molecule has 0 bridgehead atoms. The third kappa shape index (κ3) is 6.02. The van der Waals surface area contributed by atoms with E-state index >= 15 is 0 Å². The van der Waals surface area contributed by atoms with E-state index in [4.69, 9.17) is 4.55 Å². The molecule has 70 valence electrons. The fourth-order valence-electron chi connectivity index (χ4n) is 0.312. The van der Waals surface area contributed by atoms with Gasteiger partial charge in [-0.05, 0) is 13.8 Å². The maximum Gasteiger partial charge on any atom is 2.00 e. The van der Waals surface area contributed by atoms with Crippen molar-refractivity contribution >= 4 is 39.1 Å². The molecule has 7 heteroatoms. The Labute approximate surface area is 93.0 Å². The minimum Gasteiger partial charge on any atom is -0.440 e. The standard InChI is InChI=1S/C6H10O5S.Mg/c1-4(2)6(7)11-5(3)12(8,9)10;/h5H,1H2,2-3H3,(H,8,9,10);/q;+2. The van der Waals surface area contributed by atoms with Gasteiger partial charge in [-0.25, -0.2) is 4.79 Å². The van der Waals surface area contributed by atoms with Crippen LogP contribution in [0.4, 0.5) is 0 Å². The molecule has 1 unspecified atom stereocenters. The Morgan fingerprint density at radius 2 is 1.92 bits per heavy atom. The van der Waals surface area contributed by atoms with Crippen LogP contribution < -0.4 is 0 Å². The van der Waals surface area contributed by atoms with Gasteiger partial charge in [0.2, 0.25) is 5.44 Å². The SMILES string of the molecule is C=C(C)C(=O)OC(C)S(=O)(=O)O.[Mg+2]. The predicted molar refractivity (Wildman–Crippen MR) is 47.7 cm³/mol.